The molecule has 0 amide bonds. The lowest BCUT2D eigenvalue weighted by Crippen LogP contribution is -2.05. The normalized spacial score (nSPS) is 10.9. The average Bonchev–Trinajstić information content (AvgIpc) is 2.74. The van der Waals surface area contributed by atoms with E-state index in [9.17, 15) is 4.39 Å². The number of aromatic amines is 1. The second-order valence-electron chi connectivity index (χ2n) is 4.83. The van der Waals surface area contributed by atoms with Gasteiger partial charge in [0.2, 0.25) is 0 Å². The fourth-order valence-corrected chi connectivity index (χ4v) is 2.47. The number of anilines is 2. The van der Waals surface area contributed by atoms with Gasteiger partial charge in [-0.1, -0.05) is 24.3 Å². The van der Waals surface area contributed by atoms with E-state index in [-0.39, 0.29) is 5.82 Å². The quantitative estimate of drug-likeness (QED) is 0.633. The Morgan fingerprint density at radius 1 is 1.15 bits per heavy atom. The highest BCUT2D eigenvalue weighted by molar-refractivity contribution is 5.85. The van der Waals surface area contributed by atoms with E-state index in [0.29, 0.717) is 17.9 Å². The monoisotopic (exact) mass is 269 g/mol. The maximum Gasteiger partial charge on any atom is 0.148 e. The highest BCUT2D eigenvalue weighted by Gasteiger charge is 2.10. The molecule has 0 aliphatic rings. The molecule has 0 atom stereocenters. The number of fused-ring (bicyclic) bond motifs is 1. The molecule has 0 unspecified atom stereocenters. The summed E-state index contributed by atoms with van der Waals surface area (Å²) >= 11 is 0. The molecule has 102 valence electrons. The number of rotatable bonds is 3. The van der Waals surface area contributed by atoms with Gasteiger partial charge >= 0.3 is 0 Å². The fourth-order valence-electron chi connectivity index (χ4n) is 2.47. The van der Waals surface area contributed by atoms with Gasteiger partial charge in [0, 0.05) is 23.1 Å². The molecular weight excluding hydrogens is 253 g/mol. The molecule has 3 nitrogen and oxygen atoms in total. The van der Waals surface area contributed by atoms with Crippen LogP contribution in [0.15, 0.2) is 42.5 Å². The number of nitrogens with two attached hydrogens (primary N) is 1. The molecule has 0 saturated heterocycles. The lowest BCUT2D eigenvalue weighted by Gasteiger charge is -2.10. The van der Waals surface area contributed by atoms with E-state index in [1.165, 1.54) is 6.07 Å². The Balaban J connectivity index is 1.93. The van der Waals surface area contributed by atoms with E-state index in [1.807, 2.05) is 25.1 Å². The summed E-state index contributed by atoms with van der Waals surface area (Å²) in [5.41, 5.74) is 9.87. The summed E-state index contributed by atoms with van der Waals surface area (Å²) in [5, 5.41) is 4.24. The van der Waals surface area contributed by atoms with Crippen LogP contribution in [0.4, 0.5) is 15.8 Å². The van der Waals surface area contributed by atoms with Crippen molar-refractivity contribution in [2.75, 3.05) is 11.1 Å². The molecule has 4 heteroatoms. The third kappa shape index (κ3) is 2.09. The van der Waals surface area contributed by atoms with Crippen LogP contribution in [0.3, 0.4) is 0 Å². The Hall–Kier alpha value is -2.49. The van der Waals surface area contributed by atoms with Gasteiger partial charge < -0.3 is 16.0 Å². The second-order valence-corrected chi connectivity index (χ2v) is 4.83. The molecule has 0 spiro atoms. The van der Waals surface area contributed by atoms with Crippen LogP contribution in [0, 0.1) is 12.7 Å². The predicted octanol–water partition coefficient (Wildman–Crippen LogP) is 3.81. The highest BCUT2D eigenvalue weighted by Crippen LogP contribution is 2.26. The van der Waals surface area contributed by atoms with Crippen molar-refractivity contribution in [3.63, 3.8) is 0 Å². The van der Waals surface area contributed by atoms with Crippen molar-refractivity contribution in [3.05, 3.63) is 59.5 Å². The van der Waals surface area contributed by atoms with Gasteiger partial charge in [0.05, 0.1) is 11.4 Å². The van der Waals surface area contributed by atoms with Crippen molar-refractivity contribution in [3.8, 4) is 0 Å². The largest absolute Gasteiger partial charge is 0.397 e. The number of H-pyrrole nitrogens is 1. The number of para-hydroxylation sites is 2. The molecule has 4 N–H and O–H groups in total. The molecule has 3 aromatic rings. The SMILES string of the molecule is Cc1[nH]c2ccccc2c1CNc1c(N)cccc1F. The first-order chi connectivity index (χ1) is 9.66. The third-order valence-electron chi connectivity index (χ3n) is 3.51. The van der Waals surface area contributed by atoms with E-state index in [1.54, 1.807) is 12.1 Å². The van der Waals surface area contributed by atoms with Crippen LogP contribution in [0.1, 0.15) is 11.3 Å². The van der Waals surface area contributed by atoms with Crippen molar-refractivity contribution in [1.29, 1.82) is 0 Å². The van der Waals surface area contributed by atoms with Crippen molar-refractivity contribution in [2.24, 2.45) is 0 Å². The van der Waals surface area contributed by atoms with Gasteiger partial charge in [-0.3, -0.25) is 0 Å². The highest BCUT2D eigenvalue weighted by atomic mass is 19.1. The van der Waals surface area contributed by atoms with Crippen LogP contribution in [0.5, 0.6) is 0 Å². The van der Waals surface area contributed by atoms with Crippen molar-refractivity contribution in [2.45, 2.75) is 13.5 Å². The minimum atomic E-state index is -0.331. The van der Waals surface area contributed by atoms with Gasteiger partial charge in [-0.2, -0.15) is 0 Å². The molecule has 0 bridgehead atoms. The number of nitrogens with one attached hydrogen (secondary N) is 2. The first kappa shape index (κ1) is 12.5. The fraction of sp³-hybridized carbons (Fsp3) is 0.125. The van der Waals surface area contributed by atoms with Crippen LogP contribution in [-0.4, -0.2) is 4.98 Å². The van der Waals surface area contributed by atoms with Gasteiger partial charge in [0.25, 0.3) is 0 Å². The number of hydrogen-bond donors (Lipinski definition) is 3. The van der Waals surface area contributed by atoms with E-state index < -0.39 is 0 Å². The molecule has 0 aliphatic carbocycles. The summed E-state index contributed by atoms with van der Waals surface area (Å²) in [7, 11) is 0. The zero-order valence-corrected chi connectivity index (χ0v) is 11.2. The van der Waals surface area contributed by atoms with Gasteiger partial charge in [-0.15, -0.1) is 0 Å². The minimum Gasteiger partial charge on any atom is -0.397 e. The van der Waals surface area contributed by atoms with Gasteiger partial charge in [0.1, 0.15) is 5.82 Å². The van der Waals surface area contributed by atoms with E-state index in [2.05, 4.69) is 16.4 Å². The number of nitrogen functional groups attached to an aromatic ring is 1. The second kappa shape index (κ2) is 4.89. The van der Waals surface area contributed by atoms with Gasteiger partial charge in [-0.25, -0.2) is 4.39 Å². The molecule has 3 rings (SSSR count). The summed E-state index contributed by atoms with van der Waals surface area (Å²) < 4.78 is 13.7. The van der Waals surface area contributed by atoms with Gasteiger partial charge in [-0.05, 0) is 30.7 Å². The Morgan fingerprint density at radius 3 is 2.75 bits per heavy atom. The third-order valence-corrected chi connectivity index (χ3v) is 3.51. The summed E-state index contributed by atoms with van der Waals surface area (Å²) in [4.78, 5) is 3.33. The smallest absolute Gasteiger partial charge is 0.148 e. The number of halogens is 1. The van der Waals surface area contributed by atoms with Crippen LogP contribution in [-0.2, 0) is 6.54 Å². The van der Waals surface area contributed by atoms with Gasteiger partial charge in [0.15, 0.2) is 0 Å². The topological polar surface area (TPSA) is 53.8 Å². The minimum absolute atomic E-state index is 0.331. The first-order valence-corrected chi connectivity index (χ1v) is 6.51. The standard InChI is InChI=1S/C16H16FN3/c1-10-12(11-5-2-3-8-15(11)20-10)9-19-16-13(17)6-4-7-14(16)18/h2-8,19-20H,9,18H2,1H3. The Bertz CT molecular complexity index is 741. The zero-order chi connectivity index (χ0) is 14.1. The van der Waals surface area contributed by atoms with Crippen LogP contribution < -0.4 is 11.1 Å². The molecule has 2 aromatic carbocycles. The van der Waals surface area contributed by atoms with Crippen molar-refractivity contribution in [1.82, 2.24) is 4.98 Å². The zero-order valence-electron chi connectivity index (χ0n) is 11.2. The Morgan fingerprint density at radius 2 is 1.95 bits per heavy atom. The summed E-state index contributed by atoms with van der Waals surface area (Å²) in [6.45, 7) is 2.54. The molecular formula is C16H16FN3. The van der Waals surface area contributed by atoms with Crippen LogP contribution in [0.2, 0.25) is 0 Å². The van der Waals surface area contributed by atoms with Crippen molar-refractivity contribution >= 4 is 22.3 Å². The molecule has 0 radical (unpaired) electrons. The first-order valence-electron chi connectivity index (χ1n) is 6.51. The molecule has 0 fully saturated rings. The molecule has 0 aliphatic heterocycles. The van der Waals surface area contributed by atoms with Crippen molar-refractivity contribution < 1.29 is 4.39 Å². The average molecular weight is 269 g/mol. The van der Waals surface area contributed by atoms with E-state index in [0.717, 1.165) is 22.2 Å². The van der Waals surface area contributed by atoms with E-state index in [4.69, 9.17) is 5.73 Å². The maximum absolute atomic E-state index is 13.7. The lowest BCUT2D eigenvalue weighted by molar-refractivity contribution is 0.631. The van der Waals surface area contributed by atoms with E-state index >= 15 is 0 Å². The molecule has 20 heavy (non-hydrogen) atoms. The molecule has 1 aromatic heterocycles. The Labute approximate surface area is 116 Å². The number of aryl methyl sites for hydroxylation is 1. The Kier molecular flexibility index (Phi) is 3.06. The van der Waals surface area contributed by atoms with Crippen LogP contribution in [0.25, 0.3) is 10.9 Å². The summed E-state index contributed by atoms with van der Waals surface area (Å²) in [6, 6.07) is 12.8. The number of benzene rings is 2. The number of hydrogen-bond acceptors (Lipinski definition) is 2. The molecule has 0 saturated carbocycles. The summed E-state index contributed by atoms with van der Waals surface area (Å²) in [6.07, 6.45) is 0. The maximum atomic E-state index is 13.7. The number of aromatic nitrogens is 1. The predicted molar refractivity (Wildman–Crippen MR) is 81.2 cm³/mol. The lowest BCUT2D eigenvalue weighted by atomic mass is 10.1. The molecule has 1 heterocycles. The summed E-state index contributed by atoms with van der Waals surface area (Å²) in [5.74, 6) is -0.331. The van der Waals surface area contributed by atoms with Crippen LogP contribution >= 0.6 is 0 Å².